The highest BCUT2D eigenvalue weighted by atomic mass is 19.3. The number of halogens is 2. The predicted molar refractivity (Wildman–Crippen MR) is 88.2 cm³/mol. The molecule has 3 saturated carbocycles. The summed E-state index contributed by atoms with van der Waals surface area (Å²) in [5.74, 6) is -2.18. The molecule has 0 aromatic rings. The fraction of sp³-hybridized carbons (Fsp3) is 0.944. The van der Waals surface area contributed by atoms with Crippen LogP contribution in [0.4, 0.5) is 8.78 Å². The van der Waals surface area contributed by atoms with Gasteiger partial charge in [-0.25, -0.2) is 8.78 Å². The van der Waals surface area contributed by atoms with E-state index < -0.39 is 11.9 Å². The van der Waals surface area contributed by atoms with Gasteiger partial charge >= 0.3 is 5.97 Å². The van der Waals surface area contributed by atoms with Crippen LogP contribution in [0.1, 0.15) is 58.3 Å². The van der Waals surface area contributed by atoms with Gasteiger partial charge in [-0.3, -0.25) is 9.69 Å². The van der Waals surface area contributed by atoms with E-state index in [1.165, 1.54) is 12.8 Å². The van der Waals surface area contributed by atoms with E-state index in [4.69, 9.17) is 5.11 Å². The summed E-state index contributed by atoms with van der Waals surface area (Å²) < 4.78 is 26.5. The van der Waals surface area contributed by atoms with Crippen molar-refractivity contribution in [3.63, 3.8) is 0 Å². The molecule has 3 rings (SSSR count). The van der Waals surface area contributed by atoms with E-state index in [2.05, 4.69) is 17.1 Å². The van der Waals surface area contributed by atoms with Gasteiger partial charge in [0.1, 0.15) is 0 Å². The molecule has 3 fully saturated rings. The third-order valence-corrected chi connectivity index (χ3v) is 6.13. The Kier molecular flexibility index (Phi) is 5.45. The molecule has 0 heterocycles. The van der Waals surface area contributed by atoms with E-state index in [0.29, 0.717) is 36.8 Å². The first-order chi connectivity index (χ1) is 11.3. The fourth-order valence-electron chi connectivity index (χ4n) is 4.24. The molecule has 24 heavy (non-hydrogen) atoms. The van der Waals surface area contributed by atoms with Crippen molar-refractivity contribution in [2.45, 2.75) is 82.3 Å². The van der Waals surface area contributed by atoms with Gasteiger partial charge in [0.15, 0.2) is 0 Å². The summed E-state index contributed by atoms with van der Waals surface area (Å²) in [6.07, 6.45) is 5.66. The van der Waals surface area contributed by atoms with Crippen LogP contribution in [0.15, 0.2) is 0 Å². The SMILES string of the molecule is CC(NC1CC(N(CC(=O)O)CC2CC2)C1)C1CCC(F)(F)CC1. The summed E-state index contributed by atoms with van der Waals surface area (Å²) in [7, 11) is 0. The number of hydrogen-bond acceptors (Lipinski definition) is 3. The van der Waals surface area contributed by atoms with Crippen LogP contribution in [-0.4, -0.2) is 53.1 Å². The average Bonchev–Trinajstić information content (AvgIpc) is 3.25. The maximum Gasteiger partial charge on any atom is 0.317 e. The van der Waals surface area contributed by atoms with Crippen molar-refractivity contribution in [2.75, 3.05) is 13.1 Å². The van der Waals surface area contributed by atoms with Gasteiger partial charge in [-0.15, -0.1) is 0 Å². The van der Waals surface area contributed by atoms with E-state index in [1.807, 2.05) is 0 Å². The first-order valence-electron chi connectivity index (χ1n) is 9.42. The van der Waals surface area contributed by atoms with Gasteiger partial charge < -0.3 is 10.4 Å². The molecule has 2 N–H and O–H groups in total. The Labute approximate surface area is 143 Å². The number of nitrogens with one attached hydrogen (secondary N) is 1. The molecular weight excluding hydrogens is 314 g/mol. The van der Waals surface area contributed by atoms with E-state index in [0.717, 1.165) is 19.4 Å². The molecule has 1 atom stereocenters. The quantitative estimate of drug-likeness (QED) is 0.710. The Balaban J connectivity index is 1.39. The summed E-state index contributed by atoms with van der Waals surface area (Å²) in [6.45, 7) is 3.17. The molecule has 1 unspecified atom stereocenters. The van der Waals surface area contributed by atoms with Crippen LogP contribution in [0.2, 0.25) is 0 Å². The zero-order valence-electron chi connectivity index (χ0n) is 14.5. The van der Waals surface area contributed by atoms with Crippen molar-refractivity contribution in [3.8, 4) is 0 Å². The minimum Gasteiger partial charge on any atom is -0.480 e. The summed E-state index contributed by atoms with van der Waals surface area (Å²) in [6, 6.07) is 1.04. The third-order valence-electron chi connectivity index (χ3n) is 6.13. The monoisotopic (exact) mass is 344 g/mol. The molecule has 0 saturated heterocycles. The van der Waals surface area contributed by atoms with Crippen LogP contribution >= 0.6 is 0 Å². The van der Waals surface area contributed by atoms with Gasteiger partial charge in [0, 0.05) is 37.5 Å². The molecule has 0 spiro atoms. The third kappa shape index (κ3) is 4.88. The molecule has 138 valence electrons. The highest BCUT2D eigenvalue weighted by Crippen LogP contribution is 2.38. The molecule has 3 aliphatic rings. The minimum atomic E-state index is -2.46. The molecule has 0 aromatic carbocycles. The van der Waals surface area contributed by atoms with E-state index in [9.17, 15) is 13.6 Å². The number of carboxylic acids is 1. The van der Waals surface area contributed by atoms with E-state index in [-0.39, 0.29) is 25.4 Å². The van der Waals surface area contributed by atoms with Crippen LogP contribution in [-0.2, 0) is 4.79 Å². The molecular formula is C18H30F2N2O2. The number of nitrogens with zero attached hydrogens (tertiary/aromatic N) is 1. The molecule has 0 aliphatic heterocycles. The van der Waals surface area contributed by atoms with Crippen LogP contribution < -0.4 is 5.32 Å². The normalized spacial score (nSPS) is 31.7. The number of rotatable bonds is 8. The number of aliphatic carboxylic acids is 1. The Bertz CT molecular complexity index is 440. The zero-order chi connectivity index (χ0) is 17.3. The standard InChI is InChI=1S/C18H30F2N2O2/c1-12(14-4-6-18(19,20)7-5-14)21-15-8-16(9-15)22(11-17(23)24)10-13-2-3-13/h12-16,21H,2-11H2,1H3,(H,23,24). The second-order valence-corrected chi connectivity index (χ2v) is 8.24. The van der Waals surface area contributed by atoms with Crippen molar-refractivity contribution >= 4 is 5.97 Å². The van der Waals surface area contributed by atoms with Gasteiger partial charge in [-0.2, -0.15) is 0 Å². The molecule has 0 bridgehead atoms. The van der Waals surface area contributed by atoms with Crippen molar-refractivity contribution in [3.05, 3.63) is 0 Å². The molecule has 6 heteroatoms. The Morgan fingerprint density at radius 2 is 1.88 bits per heavy atom. The zero-order valence-corrected chi connectivity index (χ0v) is 14.5. The molecule has 3 aliphatic carbocycles. The number of alkyl halides is 2. The summed E-state index contributed by atoms with van der Waals surface area (Å²) in [4.78, 5) is 13.2. The summed E-state index contributed by atoms with van der Waals surface area (Å²) in [5, 5.41) is 12.7. The van der Waals surface area contributed by atoms with E-state index >= 15 is 0 Å². The summed E-state index contributed by atoms with van der Waals surface area (Å²) >= 11 is 0. The number of carboxylic acid groups (broad SMARTS) is 1. The molecule has 0 aromatic heterocycles. The predicted octanol–water partition coefficient (Wildman–Crippen LogP) is 3.12. The first-order valence-corrected chi connectivity index (χ1v) is 9.42. The van der Waals surface area contributed by atoms with E-state index in [1.54, 1.807) is 0 Å². The van der Waals surface area contributed by atoms with Gasteiger partial charge in [0.2, 0.25) is 5.92 Å². The van der Waals surface area contributed by atoms with Crippen LogP contribution in [0, 0.1) is 11.8 Å². The van der Waals surface area contributed by atoms with Crippen molar-refractivity contribution < 1.29 is 18.7 Å². The molecule has 0 amide bonds. The Morgan fingerprint density at radius 1 is 1.25 bits per heavy atom. The first kappa shape index (κ1) is 18.1. The smallest absolute Gasteiger partial charge is 0.317 e. The van der Waals surface area contributed by atoms with Crippen LogP contribution in [0.3, 0.4) is 0 Å². The van der Waals surface area contributed by atoms with Crippen molar-refractivity contribution in [1.29, 1.82) is 0 Å². The minimum absolute atomic E-state index is 0.0186. The highest BCUT2D eigenvalue weighted by molar-refractivity contribution is 5.69. The number of carbonyl (C=O) groups is 1. The fourth-order valence-corrected chi connectivity index (χ4v) is 4.24. The topological polar surface area (TPSA) is 52.6 Å². The summed E-state index contributed by atoms with van der Waals surface area (Å²) in [5.41, 5.74) is 0. The van der Waals surface area contributed by atoms with Gasteiger partial charge in [0.25, 0.3) is 0 Å². The van der Waals surface area contributed by atoms with Crippen molar-refractivity contribution in [2.24, 2.45) is 11.8 Å². The maximum absolute atomic E-state index is 13.3. The second kappa shape index (κ2) is 7.24. The average molecular weight is 344 g/mol. The lowest BCUT2D eigenvalue weighted by molar-refractivity contribution is -0.139. The van der Waals surface area contributed by atoms with Gasteiger partial charge in [0.05, 0.1) is 6.54 Å². The maximum atomic E-state index is 13.3. The highest BCUT2D eigenvalue weighted by Gasteiger charge is 2.40. The van der Waals surface area contributed by atoms with Gasteiger partial charge in [-0.05, 0) is 57.3 Å². The lowest BCUT2D eigenvalue weighted by Gasteiger charge is -2.45. The Hall–Kier alpha value is -0.750. The lowest BCUT2D eigenvalue weighted by Crippen LogP contribution is -2.56. The lowest BCUT2D eigenvalue weighted by atomic mass is 9.80. The molecule has 4 nitrogen and oxygen atoms in total. The molecule has 0 radical (unpaired) electrons. The second-order valence-electron chi connectivity index (χ2n) is 8.24. The Morgan fingerprint density at radius 3 is 2.42 bits per heavy atom. The number of hydrogen-bond donors (Lipinski definition) is 2. The van der Waals surface area contributed by atoms with Crippen LogP contribution in [0.5, 0.6) is 0 Å². The van der Waals surface area contributed by atoms with Crippen LogP contribution in [0.25, 0.3) is 0 Å². The largest absolute Gasteiger partial charge is 0.480 e. The van der Waals surface area contributed by atoms with Gasteiger partial charge in [-0.1, -0.05) is 0 Å². The van der Waals surface area contributed by atoms with Crippen molar-refractivity contribution in [1.82, 2.24) is 10.2 Å².